The number of ether oxygens (including phenoxy) is 1. The Kier molecular flexibility index (Phi) is 7.16. The zero-order valence-electron chi connectivity index (χ0n) is 17.9. The van der Waals surface area contributed by atoms with Gasteiger partial charge in [0.2, 0.25) is 0 Å². The van der Waals surface area contributed by atoms with Gasteiger partial charge in [-0.15, -0.1) is 16.8 Å². The fourth-order valence-electron chi connectivity index (χ4n) is 3.57. The average molecular weight is 466 g/mol. The molecule has 33 heavy (non-hydrogen) atoms. The Morgan fingerprint density at radius 3 is 2.58 bits per heavy atom. The summed E-state index contributed by atoms with van der Waals surface area (Å²) in [5.74, 6) is 1.15. The molecule has 10 heteroatoms. The van der Waals surface area contributed by atoms with E-state index < -0.39 is 4.92 Å². The Morgan fingerprint density at radius 1 is 1.15 bits per heavy atom. The van der Waals surface area contributed by atoms with E-state index in [4.69, 9.17) is 4.74 Å². The standard InChI is InChI=1S/C23H23N5O4S/c1-2-11-27-21(17-7-9-19(10-8-17)28(30)31)24-25-23(27)33-16-18-5-3-4-6-20(18)22(29)26-12-14-32-15-13-26/h2-10H,1,11-16H2. The molecule has 0 atom stereocenters. The van der Waals surface area contributed by atoms with Gasteiger partial charge in [0.05, 0.1) is 18.1 Å². The number of allylic oxidation sites excluding steroid dienone is 1. The highest BCUT2D eigenvalue weighted by Crippen LogP contribution is 2.29. The number of nitro groups is 1. The highest BCUT2D eigenvalue weighted by atomic mass is 32.2. The number of thioether (sulfide) groups is 1. The van der Waals surface area contributed by atoms with E-state index in [1.54, 1.807) is 18.2 Å². The lowest BCUT2D eigenvalue weighted by Crippen LogP contribution is -2.41. The van der Waals surface area contributed by atoms with E-state index in [0.717, 1.165) is 11.1 Å². The number of morpholine rings is 1. The van der Waals surface area contributed by atoms with Crippen LogP contribution >= 0.6 is 11.8 Å². The van der Waals surface area contributed by atoms with Crippen LogP contribution in [0, 0.1) is 10.1 Å². The Bertz CT molecular complexity index is 1160. The Morgan fingerprint density at radius 2 is 1.88 bits per heavy atom. The van der Waals surface area contributed by atoms with Crippen LogP contribution in [0.25, 0.3) is 11.4 Å². The number of hydrogen-bond acceptors (Lipinski definition) is 7. The number of nitrogens with zero attached hydrogens (tertiary/aromatic N) is 5. The van der Waals surface area contributed by atoms with E-state index in [0.29, 0.717) is 55.1 Å². The quantitative estimate of drug-likeness (QED) is 0.216. The number of aromatic nitrogens is 3. The van der Waals surface area contributed by atoms with Crippen LogP contribution in [0.5, 0.6) is 0 Å². The third kappa shape index (κ3) is 5.12. The van der Waals surface area contributed by atoms with E-state index in [1.165, 1.54) is 23.9 Å². The molecule has 1 saturated heterocycles. The van der Waals surface area contributed by atoms with Gasteiger partial charge >= 0.3 is 0 Å². The maximum absolute atomic E-state index is 13.0. The van der Waals surface area contributed by atoms with E-state index in [1.807, 2.05) is 33.7 Å². The molecule has 2 aromatic carbocycles. The molecule has 0 aliphatic carbocycles. The van der Waals surface area contributed by atoms with Crippen molar-refractivity contribution in [2.24, 2.45) is 0 Å². The molecule has 3 aromatic rings. The fraction of sp³-hybridized carbons (Fsp3) is 0.261. The van der Waals surface area contributed by atoms with Crippen molar-refractivity contribution in [1.82, 2.24) is 19.7 Å². The van der Waals surface area contributed by atoms with Crippen LogP contribution in [0.3, 0.4) is 0 Å². The van der Waals surface area contributed by atoms with Crippen molar-refractivity contribution in [3.63, 3.8) is 0 Å². The van der Waals surface area contributed by atoms with Crippen molar-refractivity contribution in [1.29, 1.82) is 0 Å². The number of nitro benzene ring substituents is 1. The molecule has 9 nitrogen and oxygen atoms in total. The molecule has 0 saturated carbocycles. The van der Waals surface area contributed by atoms with Crippen molar-refractivity contribution >= 4 is 23.4 Å². The van der Waals surface area contributed by atoms with Gasteiger partial charge in [0.25, 0.3) is 11.6 Å². The molecule has 1 aromatic heterocycles. The second-order valence-corrected chi connectivity index (χ2v) is 8.30. The van der Waals surface area contributed by atoms with Crippen LogP contribution in [0.15, 0.2) is 66.3 Å². The zero-order chi connectivity index (χ0) is 23.2. The highest BCUT2D eigenvalue weighted by molar-refractivity contribution is 7.98. The van der Waals surface area contributed by atoms with Crippen molar-refractivity contribution in [2.45, 2.75) is 17.5 Å². The minimum absolute atomic E-state index is 0.00799. The lowest BCUT2D eigenvalue weighted by atomic mass is 10.1. The molecule has 1 fully saturated rings. The number of hydrogen-bond donors (Lipinski definition) is 0. The van der Waals surface area contributed by atoms with Crippen molar-refractivity contribution in [3.05, 3.63) is 82.4 Å². The predicted octanol–water partition coefficient (Wildman–Crippen LogP) is 3.80. The summed E-state index contributed by atoms with van der Waals surface area (Å²) in [5.41, 5.74) is 2.34. The zero-order valence-corrected chi connectivity index (χ0v) is 18.7. The summed E-state index contributed by atoms with van der Waals surface area (Å²) in [6.07, 6.45) is 1.75. The Labute approximate surface area is 195 Å². The minimum Gasteiger partial charge on any atom is -0.378 e. The Hall–Kier alpha value is -3.50. The number of rotatable bonds is 8. The normalized spacial score (nSPS) is 13.6. The molecular weight excluding hydrogens is 442 g/mol. The number of carbonyl (C=O) groups excluding carboxylic acids is 1. The summed E-state index contributed by atoms with van der Waals surface area (Å²) < 4.78 is 7.27. The van der Waals surface area contributed by atoms with Crippen molar-refractivity contribution < 1.29 is 14.5 Å². The molecule has 170 valence electrons. The molecule has 0 bridgehead atoms. The van der Waals surface area contributed by atoms with E-state index in [2.05, 4.69) is 16.8 Å². The minimum atomic E-state index is -0.435. The molecular formula is C23H23N5O4S. The van der Waals surface area contributed by atoms with Crippen LogP contribution < -0.4 is 0 Å². The first-order valence-electron chi connectivity index (χ1n) is 10.4. The van der Waals surface area contributed by atoms with Gasteiger partial charge in [-0.05, 0) is 23.8 Å². The maximum Gasteiger partial charge on any atom is 0.269 e. The number of amides is 1. The van der Waals surface area contributed by atoms with Crippen LogP contribution in [-0.2, 0) is 17.0 Å². The van der Waals surface area contributed by atoms with Gasteiger partial charge in [-0.25, -0.2) is 0 Å². The number of benzene rings is 2. The summed E-state index contributed by atoms with van der Waals surface area (Å²) in [6, 6.07) is 13.8. The molecule has 4 rings (SSSR count). The lowest BCUT2D eigenvalue weighted by Gasteiger charge is -2.27. The SMILES string of the molecule is C=CCn1c(SCc2ccccc2C(=O)N2CCOCC2)nnc1-c1ccc([N+](=O)[O-])cc1. The molecule has 2 heterocycles. The van der Waals surface area contributed by atoms with Gasteiger partial charge < -0.3 is 9.64 Å². The molecule has 1 aliphatic rings. The largest absolute Gasteiger partial charge is 0.378 e. The third-order valence-electron chi connectivity index (χ3n) is 5.27. The third-order valence-corrected chi connectivity index (χ3v) is 6.28. The van der Waals surface area contributed by atoms with E-state index in [-0.39, 0.29) is 11.6 Å². The summed E-state index contributed by atoms with van der Waals surface area (Å²) in [5, 5.41) is 20.3. The number of non-ortho nitro benzene ring substituents is 1. The average Bonchev–Trinajstić information content (AvgIpc) is 3.25. The summed E-state index contributed by atoms with van der Waals surface area (Å²) in [7, 11) is 0. The summed E-state index contributed by atoms with van der Waals surface area (Å²) in [6.45, 7) is 6.59. The number of carbonyl (C=O) groups is 1. The summed E-state index contributed by atoms with van der Waals surface area (Å²) >= 11 is 1.48. The van der Waals surface area contributed by atoms with Gasteiger partial charge in [0.1, 0.15) is 0 Å². The van der Waals surface area contributed by atoms with Crippen LogP contribution in [-0.4, -0.2) is 56.8 Å². The predicted molar refractivity (Wildman–Crippen MR) is 125 cm³/mol. The van der Waals surface area contributed by atoms with Crippen molar-refractivity contribution in [2.75, 3.05) is 26.3 Å². The molecule has 0 N–H and O–H groups in total. The first-order valence-corrected chi connectivity index (χ1v) is 11.4. The second-order valence-electron chi connectivity index (χ2n) is 7.36. The van der Waals surface area contributed by atoms with E-state index in [9.17, 15) is 14.9 Å². The smallest absolute Gasteiger partial charge is 0.269 e. The van der Waals surface area contributed by atoms with Crippen molar-refractivity contribution in [3.8, 4) is 11.4 Å². The topological polar surface area (TPSA) is 103 Å². The van der Waals surface area contributed by atoms with Crippen LogP contribution in [0.2, 0.25) is 0 Å². The van der Waals surface area contributed by atoms with Gasteiger partial charge in [0, 0.05) is 48.6 Å². The lowest BCUT2D eigenvalue weighted by molar-refractivity contribution is -0.384. The first-order chi connectivity index (χ1) is 16.1. The fourth-order valence-corrected chi connectivity index (χ4v) is 4.52. The molecule has 1 aliphatic heterocycles. The molecule has 0 spiro atoms. The van der Waals surface area contributed by atoms with Crippen LogP contribution in [0.1, 0.15) is 15.9 Å². The first kappa shape index (κ1) is 22.7. The second kappa shape index (κ2) is 10.4. The van der Waals surface area contributed by atoms with Crippen LogP contribution in [0.4, 0.5) is 5.69 Å². The molecule has 1 amide bonds. The van der Waals surface area contributed by atoms with Gasteiger partial charge in [-0.2, -0.15) is 0 Å². The Balaban J connectivity index is 1.55. The highest BCUT2D eigenvalue weighted by Gasteiger charge is 2.21. The monoisotopic (exact) mass is 465 g/mol. The van der Waals surface area contributed by atoms with Gasteiger partial charge in [0.15, 0.2) is 11.0 Å². The molecule has 0 radical (unpaired) electrons. The maximum atomic E-state index is 13.0. The molecule has 0 unspecified atom stereocenters. The van der Waals surface area contributed by atoms with Gasteiger partial charge in [-0.1, -0.05) is 36.0 Å². The summed E-state index contributed by atoms with van der Waals surface area (Å²) in [4.78, 5) is 25.4. The van der Waals surface area contributed by atoms with E-state index >= 15 is 0 Å². The van der Waals surface area contributed by atoms with Gasteiger partial charge in [-0.3, -0.25) is 19.5 Å².